The zero-order chi connectivity index (χ0) is 20.8. The van der Waals surface area contributed by atoms with Gasteiger partial charge in [-0.3, -0.25) is 0 Å². The van der Waals surface area contributed by atoms with Crippen molar-refractivity contribution in [1.82, 2.24) is 4.98 Å². The average Bonchev–Trinajstić information content (AvgIpc) is 2.39. The minimum atomic E-state index is -5.66. The molecule has 3 nitrogen and oxygen atoms in total. The third-order valence-corrected chi connectivity index (χ3v) is 3.58. The SMILES string of the molecule is CC(C)(C)C(O)C(C(O)c1c(F)c(F)nc(C(F)(F)F)c1F)C(F)(F)F. The number of alkyl halides is 6. The van der Waals surface area contributed by atoms with E-state index in [0.717, 1.165) is 20.8 Å². The molecule has 0 saturated carbocycles. The van der Waals surface area contributed by atoms with E-state index < -0.39 is 64.7 Å². The fourth-order valence-corrected chi connectivity index (χ4v) is 2.23. The van der Waals surface area contributed by atoms with Crippen LogP contribution in [-0.4, -0.2) is 27.5 Å². The standard InChI is InChI=1S/C14H14F9NO2/c1-12(2,3)10(26)5(13(18,19)20)8(25)4-6(15)9(14(21,22)23)24-11(17)7(4)16/h5,8,10,25-26H,1-3H3. The molecule has 2 N–H and O–H groups in total. The van der Waals surface area contributed by atoms with E-state index in [1.54, 1.807) is 0 Å². The third kappa shape index (κ3) is 4.40. The van der Waals surface area contributed by atoms with Gasteiger partial charge in [-0.15, -0.1) is 0 Å². The summed E-state index contributed by atoms with van der Waals surface area (Å²) in [5.74, 6) is -11.1. The minimum absolute atomic E-state index is 1.09. The van der Waals surface area contributed by atoms with E-state index in [4.69, 9.17) is 0 Å². The van der Waals surface area contributed by atoms with Gasteiger partial charge in [0.15, 0.2) is 17.3 Å². The third-order valence-electron chi connectivity index (χ3n) is 3.58. The van der Waals surface area contributed by atoms with Crippen LogP contribution in [0.2, 0.25) is 0 Å². The van der Waals surface area contributed by atoms with Crippen molar-refractivity contribution in [2.75, 3.05) is 0 Å². The largest absolute Gasteiger partial charge is 0.436 e. The molecule has 0 amide bonds. The first-order chi connectivity index (χ1) is 11.4. The quantitative estimate of drug-likeness (QED) is 0.594. The second kappa shape index (κ2) is 6.87. The molecule has 0 aromatic carbocycles. The van der Waals surface area contributed by atoms with Gasteiger partial charge in [0.1, 0.15) is 5.92 Å². The van der Waals surface area contributed by atoms with Crippen molar-refractivity contribution in [1.29, 1.82) is 0 Å². The molecule has 0 spiro atoms. The van der Waals surface area contributed by atoms with Crippen molar-refractivity contribution in [3.63, 3.8) is 0 Å². The van der Waals surface area contributed by atoms with Crippen molar-refractivity contribution < 1.29 is 49.7 Å². The molecule has 12 heteroatoms. The number of aromatic nitrogens is 1. The molecule has 0 radical (unpaired) electrons. The highest BCUT2D eigenvalue weighted by Gasteiger charge is 2.54. The van der Waals surface area contributed by atoms with E-state index in [2.05, 4.69) is 0 Å². The number of halogens is 9. The Morgan fingerprint density at radius 3 is 1.65 bits per heavy atom. The lowest BCUT2D eigenvalue weighted by atomic mass is 9.77. The maximum Gasteiger partial charge on any atom is 0.436 e. The van der Waals surface area contributed by atoms with E-state index in [1.165, 1.54) is 0 Å². The van der Waals surface area contributed by atoms with E-state index in [1.807, 2.05) is 4.98 Å². The summed E-state index contributed by atoms with van der Waals surface area (Å²) in [6.07, 6.45) is -17.0. The molecular formula is C14H14F9NO2. The molecule has 26 heavy (non-hydrogen) atoms. The number of hydrogen-bond donors (Lipinski definition) is 2. The lowest BCUT2D eigenvalue weighted by Gasteiger charge is -2.37. The zero-order valence-electron chi connectivity index (χ0n) is 13.5. The Labute approximate surface area is 141 Å². The normalized spacial score (nSPS) is 17.2. The molecular weight excluding hydrogens is 385 g/mol. The van der Waals surface area contributed by atoms with Crippen LogP contribution in [0.15, 0.2) is 0 Å². The monoisotopic (exact) mass is 399 g/mol. The maximum atomic E-state index is 14.0. The highest BCUT2D eigenvalue weighted by Crippen LogP contribution is 2.45. The van der Waals surface area contributed by atoms with Gasteiger partial charge in [0.05, 0.1) is 17.8 Å². The fourth-order valence-electron chi connectivity index (χ4n) is 2.23. The van der Waals surface area contributed by atoms with E-state index in [9.17, 15) is 49.7 Å². The molecule has 1 aromatic heterocycles. The van der Waals surface area contributed by atoms with Gasteiger partial charge >= 0.3 is 12.4 Å². The van der Waals surface area contributed by atoms with Crippen molar-refractivity contribution in [3.05, 3.63) is 28.8 Å². The predicted molar refractivity (Wildman–Crippen MR) is 69.1 cm³/mol. The lowest BCUT2D eigenvalue weighted by Crippen LogP contribution is -2.45. The van der Waals surface area contributed by atoms with Crippen LogP contribution in [-0.2, 0) is 6.18 Å². The lowest BCUT2D eigenvalue weighted by molar-refractivity contribution is -0.241. The van der Waals surface area contributed by atoms with Gasteiger partial charge in [0.2, 0.25) is 5.95 Å². The second-order valence-electron chi connectivity index (χ2n) is 6.61. The second-order valence-corrected chi connectivity index (χ2v) is 6.61. The van der Waals surface area contributed by atoms with Crippen LogP contribution in [0.5, 0.6) is 0 Å². The van der Waals surface area contributed by atoms with Crippen LogP contribution >= 0.6 is 0 Å². The number of rotatable bonds is 3. The highest BCUT2D eigenvalue weighted by atomic mass is 19.4. The molecule has 0 aliphatic rings. The molecule has 0 aliphatic carbocycles. The van der Waals surface area contributed by atoms with Gasteiger partial charge in [-0.05, 0) is 5.41 Å². The summed E-state index contributed by atoms with van der Waals surface area (Å²) in [4.78, 5) is 2.01. The average molecular weight is 399 g/mol. The Morgan fingerprint density at radius 1 is 0.846 bits per heavy atom. The van der Waals surface area contributed by atoms with Gasteiger partial charge in [-0.25, -0.2) is 13.8 Å². The molecule has 1 rings (SSSR count). The van der Waals surface area contributed by atoms with Gasteiger partial charge in [0.25, 0.3) is 0 Å². The molecule has 0 bridgehead atoms. The van der Waals surface area contributed by atoms with Crippen LogP contribution in [0, 0.1) is 28.9 Å². The molecule has 150 valence electrons. The first kappa shape index (κ1) is 22.5. The molecule has 3 atom stereocenters. The highest BCUT2D eigenvalue weighted by molar-refractivity contribution is 5.27. The minimum Gasteiger partial charge on any atom is -0.392 e. The number of nitrogens with zero attached hydrogens (tertiary/aromatic N) is 1. The van der Waals surface area contributed by atoms with E-state index in [-0.39, 0.29) is 0 Å². The summed E-state index contributed by atoms with van der Waals surface area (Å²) in [6, 6.07) is 0. The van der Waals surface area contributed by atoms with Gasteiger partial charge in [0, 0.05) is 0 Å². The van der Waals surface area contributed by atoms with Crippen LogP contribution in [0.3, 0.4) is 0 Å². The van der Waals surface area contributed by atoms with Crippen molar-refractivity contribution in [2.24, 2.45) is 11.3 Å². The summed E-state index contributed by atoms with van der Waals surface area (Å²) < 4.78 is 119. The predicted octanol–water partition coefficient (Wildman–Crippen LogP) is 4.14. The van der Waals surface area contributed by atoms with Crippen LogP contribution in [0.4, 0.5) is 39.5 Å². The van der Waals surface area contributed by atoms with Gasteiger partial charge in [-0.2, -0.15) is 30.7 Å². The summed E-state index contributed by atoms with van der Waals surface area (Å²) in [5.41, 5.74) is -6.43. The van der Waals surface area contributed by atoms with Gasteiger partial charge < -0.3 is 10.2 Å². The Bertz CT molecular complexity index is 664. The molecule has 0 fully saturated rings. The molecule has 1 heterocycles. The Balaban J connectivity index is 3.69. The Morgan fingerprint density at radius 2 is 1.31 bits per heavy atom. The smallest absolute Gasteiger partial charge is 0.392 e. The van der Waals surface area contributed by atoms with Crippen LogP contribution in [0.1, 0.15) is 38.1 Å². The van der Waals surface area contributed by atoms with Crippen LogP contribution < -0.4 is 0 Å². The zero-order valence-corrected chi connectivity index (χ0v) is 13.5. The molecule has 0 saturated heterocycles. The topological polar surface area (TPSA) is 53.4 Å². The first-order valence-corrected chi connectivity index (χ1v) is 6.95. The first-order valence-electron chi connectivity index (χ1n) is 6.95. The number of aliphatic hydroxyl groups is 2. The van der Waals surface area contributed by atoms with E-state index in [0.29, 0.717) is 0 Å². The van der Waals surface area contributed by atoms with Crippen molar-refractivity contribution >= 4 is 0 Å². The number of hydrogen-bond acceptors (Lipinski definition) is 3. The van der Waals surface area contributed by atoms with Gasteiger partial charge in [-0.1, -0.05) is 20.8 Å². The molecule has 1 aromatic rings. The Kier molecular flexibility index (Phi) is 5.94. The molecule has 3 unspecified atom stereocenters. The summed E-state index contributed by atoms with van der Waals surface area (Å²) in [6.45, 7) is 3.26. The molecule has 0 aliphatic heterocycles. The maximum absolute atomic E-state index is 14.0. The summed E-state index contributed by atoms with van der Waals surface area (Å²) in [5, 5.41) is 19.6. The fraction of sp³-hybridized carbons (Fsp3) is 0.643. The summed E-state index contributed by atoms with van der Waals surface area (Å²) >= 11 is 0. The number of aliphatic hydroxyl groups excluding tert-OH is 2. The van der Waals surface area contributed by atoms with E-state index >= 15 is 0 Å². The Hall–Kier alpha value is -1.56. The number of pyridine rings is 1. The van der Waals surface area contributed by atoms with Crippen LogP contribution in [0.25, 0.3) is 0 Å². The van der Waals surface area contributed by atoms with Crippen molar-refractivity contribution in [2.45, 2.75) is 45.3 Å². The summed E-state index contributed by atoms with van der Waals surface area (Å²) in [7, 11) is 0. The van der Waals surface area contributed by atoms with Crippen molar-refractivity contribution in [3.8, 4) is 0 Å².